The largest absolute Gasteiger partial charge is 0.382 e. The van der Waals surface area contributed by atoms with Gasteiger partial charge in [0.05, 0.1) is 11.4 Å². The molecule has 0 bridgehead atoms. The second-order valence-electron chi connectivity index (χ2n) is 7.35. The number of anilines is 1. The molecule has 0 spiro atoms. The third kappa shape index (κ3) is 6.75. The van der Waals surface area contributed by atoms with E-state index in [0.29, 0.717) is 48.1 Å². The Labute approximate surface area is 200 Å². The fourth-order valence-electron chi connectivity index (χ4n) is 3.12. The van der Waals surface area contributed by atoms with Crippen LogP contribution in [0.4, 0.5) is 20.2 Å². The van der Waals surface area contributed by atoms with Crippen LogP contribution in [0, 0.1) is 18.6 Å². The van der Waals surface area contributed by atoms with Gasteiger partial charge in [0.15, 0.2) is 5.17 Å². The van der Waals surface area contributed by atoms with Crippen LogP contribution in [0.25, 0.3) is 0 Å². The normalized spacial score (nSPS) is 17.1. The van der Waals surface area contributed by atoms with Crippen molar-refractivity contribution in [1.29, 1.82) is 0 Å². The number of rotatable bonds is 9. The summed E-state index contributed by atoms with van der Waals surface area (Å²) in [5.74, 6) is -2.44. The van der Waals surface area contributed by atoms with E-state index in [1.807, 2.05) is 19.9 Å². The van der Waals surface area contributed by atoms with Gasteiger partial charge in [0, 0.05) is 37.3 Å². The molecule has 1 saturated heterocycles. The lowest BCUT2D eigenvalue weighted by Crippen LogP contribution is -2.34. The van der Waals surface area contributed by atoms with Gasteiger partial charge < -0.3 is 10.1 Å². The number of aryl methyl sites for hydroxylation is 1. The van der Waals surface area contributed by atoms with Crippen molar-refractivity contribution in [2.24, 2.45) is 4.99 Å². The van der Waals surface area contributed by atoms with E-state index < -0.39 is 22.8 Å². The molecule has 0 aromatic heterocycles. The molecular weight excluding hydrogens is 472 g/mol. The van der Waals surface area contributed by atoms with Gasteiger partial charge in [-0.2, -0.15) is 0 Å². The highest BCUT2D eigenvalue weighted by Gasteiger charge is 2.39. The average Bonchev–Trinajstić information content (AvgIpc) is 3.04. The number of amides is 2. The summed E-state index contributed by atoms with van der Waals surface area (Å²) in [7, 11) is 0. The van der Waals surface area contributed by atoms with E-state index in [2.05, 4.69) is 10.3 Å². The Balaban J connectivity index is 1.75. The fraction of sp³-hybridized carbons (Fsp3) is 0.348. The third-order valence-corrected chi connectivity index (χ3v) is 6.43. The molecular formula is C23H24ClF2N3O3S. The average molecular weight is 496 g/mol. The smallest absolute Gasteiger partial charge is 0.242 e. The summed E-state index contributed by atoms with van der Waals surface area (Å²) in [5, 5.41) is 2.70. The molecule has 1 atom stereocenters. The van der Waals surface area contributed by atoms with Crippen molar-refractivity contribution in [3.8, 4) is 0 Å². The van der Waals surface area contributed by atoms with Crippen LogP contribution < -0.4 is 5.32 Å². The van der Waals surface area contributed by atoms with Crippen LogP contribution in [-0.2, 0) is 14.3 Å². The number of carbonyl (C=O) groups is 2. The highest BCUT2D eigenvalue weighted by Crippen LogP contribution is 2.33. The topological polar surface area (TPSA) is 71.0 Å². The standard InChI is InChI=1S/C23H24ClF2N3O3S/c1-3-32-10-4-9-29-22(31)20(13-21(30)28-19-8-6-15(25)11-18(19)26)33-23(29)27-16-7-5-14(2)17(24)12-16/h5-8,11-12,20H,3-4,9-10,13H2,1-2H3,(H,28,30). The zero-order valence-electron chi connectivity index (χ0n) is 18.2. The number of carbonyl (C=O) groups excluding carboxylic acids is 2. The number of nitrogens with zero attached hydrogens (tertiary/aromatic N) is 2. The van der Waals surface area contributed by atoms with E-state index >= 15 is 0 Å². The summed E-state index contributed by atoms with van der Waals surface area (Å²) in [5.41, 5.74) is 1.36. The molecule has 6 nitrogen and oxygen atoms in total. The van der Waals surface area contributed by atoms with Crippen molar-refractivity contribution >= 4 is 51.7 Å². The van der Waals surface area contributed by atoms with Gasteiger partial charge in [-0.05, 0) is 50.1 Å². The highest BCUT2D eigenvalue weighted by atomic mass is 35.5. The first-order valence-corrected chi connectivity index (χ1v) is 11.7. The summed E-state index contributed by atoms with van der Waals surface area (Å²) >= 11 is 7.37. The molecule has 0 radical (unpaired) electrons. The second kappa shape index (κ2) is 11.6. The lowest BCUT2D eigenvalue weighted by atomic mass is 10.2. The van der Waals surface area contributed by atoms with Crippen molar-refractivity contribution in [1.82, 2.24) is 4.90 Å². The first kappa shape index (κ1) is 25.1. The number of amidine groups is 1. The van der Waals surface area contributed by atoms with Gasteiger partial charge in [0.2, 0.25) is 11.8 Å². The molecule has 3 rings (SSSR count). The minimum absolute atomic E-state index is 0.145. The van der Waals surface area contributed by atoms with E-state index in [0.717, 1.165) is 17.7 Å². The molecule has 1 fully saturated rings. The Morgan fingerprint density at radius 2 is 2.06 bits per heavy atom. The quantitative estimate of drug-likeness (QED) is 0.478. The number of hydrogen-bond donors (Lipinski definition) is 1. The Kier molecular flexibility index (Phi) is 8.82. The van der Waals surface area contributed by atoms with Gasteiger partial charge in [-0.3, -0.25) is 14.5 Å². The van der Waals surface area contributed by atoms with E-state index in [-0.39, 0.29) is 18.0 Å². The number of thioether (sulfide) groups is 1. The molecule has 2 aromatic rings. The van der Waals surface area contributed by atoms with Crippen molar-refractivity contribution < 1.29 is 23.1 Å². The molecule has 176 valence electrons. The van der Waals surface area contributed by atoms with Gasteiger partial charge in [0.25, 0.3) is 0 Å². The van der Waals surface area contributed by atoms with E-state index in [1.54, 1.807) is 12.1 Å². The number of ether oxygens (including phenoxy) is 1. The van der Waals surface area contributed by atoms with Crippen LogP contribution in [0.1, 0.15) is 25.3 Å². The molecule has 0 aliphatic carbocycles. The fourth-order valence-corrected chi connectivity index (χ4v) is 4.48. The molecule has 1 heterocycles. The Hall–Kier alpha value is -2.49. The SMILES string of the molecule is CCOCCCN1C(=O)C(CC(=O)Nc2ccc(F)cc2F)SC1=Nc1ccc(C)c(Cl)c1. The van der Waals surface area contributed by atoms with Gasteiger partial charge >= 0.3 is 0 Å². The first-order chi connectivity index (χ1) is 15.8. The molecule has 1 aliphatic rings. The van der Waals surface area contributed by atoms with Crippen molar-refractivity contribution in [3.63, 3.8) is 0 Å². The van der Waals surface area contributed by atoms with Crippen molar-refractivity contribution in [3.05, 3.63) is 58.6 Å². The summed E-state index contributed by atoms with van der Waals surface area (Å²) in [6.07, 6.45) is 0.420. The first-order valence-electron chi connectivity index (χ1n) is 10.4. The summed E-state index contributed by atoms with van der Waals surface area (Å²) in [6, 6.07) is 8.22. The van der Waals surface area contributed by atoms with Gasteiger partial charge in [0.1, 0.15) is 16.9 Å². The van der Waals surface area contributed by atoms with Crippen LogP contribution >= 0.6 is 23.4 Å². The zero-order valence-corrected chi connectivity index (χ0v) is 19.8. The lowest BCUT2D eigenvalue weighted by Gasteiger charge is -2.16. The summed E-state index contributed by atoms with van der Waals surface area (Å²) < 4.78 is 32.3. The number of halogens is 3. The molecule has 1 N–H and O–H groups in total. The Morgan fingerprint density at radius 3 is 2.76 bits per heavy atom. The predicted molar refractivity (Wildman–Crippen MR) is 127 cm³/mol. The number of aliphatic imine (C=N–C) groups is 1. The third-order valence-electron chi connectivity index (χ3n) is 4.85. The molecule has 10 heteroatoms. The lowest BCUT2D eigenvalue weighted by molar-refractivity contribution is -0.128. The molecule has 2 aromatic carbocycles. The van der Waals surface area contributed by atoms with Crippen LogP contribution in [0.5, 0.6) is 0 Å². The Morgan fingerprint density at radius 1 is 1.27 bits per heavy atom. The zero-order chi connectivity index (χ0) is 24.0. The molecule has 2 amide bonds. The number of hydrogen-bond acceptors (Lipinski definition) is 5. The van der Waals surface area contributed by atoms with Gasteiger partial charge in [-0.1, -0.05) is 29.4 Å². The maximum Gasteiger partial charge on any atom is 0.242 e. The summed E-state index contributed by atoms with van der Waals surface area (Å²) in [4.78, 5) is 31.6. The molecule has 0 saturated carbocycles. The molecule has 1 unspecified atom stereocenters. The number of benzene rings is 2. The minimum Gasteiger partial charge on any atom is -0.382 e. The van der Waals surface area contributed by atoms with Crippen LogP contribution in [0.3, 0.4) is 0 Å². The maximum atomic E-state index is 13.9. The monoisotopic (exact) mass is 495 g/mol. The Bertz CT molecular complexity index is 1070. The number of nitrogens with one attached hydrogen (secondary N) is 1. The van der Waals surface area contributed by atoms with E-state index in [4.69, 9.17) is 16.3 Å². The highest BCUT2D eigenvalue weighted by molar-refractivity contribution is 8.15. The van der Waals surface area contributed by atoms with Gasteiger partial charge in [-0.15, -0.1) is 0 Å². The predicted octanol–water partition coefficient (Wildman–Crippen LogP) is 5.31. The molecule has 33 heavy (non-hydrogen) atoms. The van der Waals surface area contributed by atoms with E-state index in [1.165, 1.54) is 16.7 Å². The van der Waals surface area contributed by atoms with Crippen molar-refractivity contribution in [2.45, 2.75) is 31.9 Å². The second-order valence-corrected chi connectivity index (χ2v) is 8.93. The van der Waals surface area contributed by atoms with E-state index in [9.17, 15) is 18.4 Å². The van der Waals surface area contributed by atoms with Crippen molar-refractivity contribution in [2.75, 3.05) is 25.1 Å². The maximum absolute atomic E-state index is 13.9. The van der Waals surface area contributed by atoms with Gasteiger partial charge in [-0.25, -0.2) is 13.8 Å². The molecule has 1 aliphatic heterocycles. The minimum atomic E-state index is -0.884. The summed E-state index contributed by atoms with van der Waals surface area (Å²) in [6.45, 7) is 5.22. The van der Waals surface area contributed by atoms with Crippen LogP contribution in [-0.4, -0.2) is 46.9 Å². The van der Waals surface area contributed by atoms with Crippen LogP contribution in [0.2, 0.25) is 5.02 Å². The van der Waals surface area contributed by atoms with Crippen LogP contribution in [0.15, 0.2) is 41.4 Å².